The molecule has 150 valence electrons. The maximum Gasteiger partial charge on any atom is 0.416 e. The lowest BCUT2D eigenvalue weighted by atomic mass is 10.1. The quantitative estimate of drug-likeness (QED) is 0.403. The zero-order chi connectivity index (χ0) is 20.7. The van der Waals surface area contributed by atoms with E-state index < -0.39 is 22.4 Å². The van der Waals surface area contributed by atoms with Crippen LogP contribution in [-0.2, 0) is 17.5 Å². The van der Waals surface area contributed by atoms with Crippen LogP contribution in [0.4, 0.5) is 24.5 Å². The number of rotatable bonds is 8. The number of alkyl halides is 3. The molecule has 1 amide bonds. The van der Waals surface area contributed by atoms with E-state index in [1.165, 1.54) is 0 Å². The molecule has 2 aromatic rings. The number of nitrogens with one attached hydrogen (secondary N) is 2. The molecule has 0 heterocycles. The Hall–Kier alpha value is -3.14. The number of hydrogen-bond acceptors (Lipinski definition) is 5. The third-order valence-corrected chi connectivity index (χ3v) is 3.75. The van der Waals surface area contributed by atoms with Crippen LogP contribution in [0.2, 0.25) is 0 Å². The van der Waals surface area contributed by atoms with Gasteiger partial charge in [0.2, 0.25) is 0 Å². The molecule has 0 aliphatic rings. The van der Waals surface area contributed by atoms with Crippen LogP contribution < -0.4 is 10.6 Å². The first-order chi connectivity index (χ1) is 13.2. The molecular formula is C18H18F3N3O4. The third kappa shape index (κ3) is 5.68. The van der Waals surface area contributed by atoms with Gasteiger partial charge in [0, 0.05) is 31.8 Å². The van der Waals surface area contributed by atoms with Gasteiger partial charge in [-0.05, 0) is 29.8 Å². The van der Waals surface area contributed by atoms with Crippen molar-refractivity contribution < 1.29 is 27.6 Å². The highest BCUT2D eigenvalue weighted by Crippen LogP contribution is 2.34. The largest absolute Gasteiger partial charge is 0.416 e. The highest BCUT2D eigenvalue weighted by Gasteiger charge is 2.32. The van der Waals surface area contributed by atoms with E-state index in [4.69, 9.17) is 4.74 Å². The molecule has 0 aliphatic carbocycles. The minimum Gasteiger partial charge on any atom is -0.380 e. The number of hydrogen-bond donors (Lipinski definition) is 2. The summed E-state index contributed by atoms with van der Waals surface area (Å²) in [5.41, 5.74) is -0.597. The number of halogens is 3. The van der Waals surface area contributed by atoms with Gasteiger partial charge in [-0.15, -0.1) is 0 Å². The van der Waals surface area contributed by atoms with E-state index in [0.717, 1.165) is 17.7 Å². The highest BCUT2D eigenvalue weighted by molar-refractivity contribution is 5.94. The average Bonchev–Trinajstić information content (AvgIpc) is 2.64. The van der Waals surface area contributed by atoms with Crippen molar-refractivity contribution in [2.24, 2.45) is 0 Å². The number of methoxy groups -OCH3 is 1. The maximum atomic E-state index is 12.7. The molecule has 7 nitrogen and oxygen atoms in total. The summed E-state index contributed by atoms with van der Waals surface area (Å²) in [4.78, 5) is 22.3. The van der Waals surface area contributed by atoms with Gasteiger partial charge in [-0.3, -0.25) is 14.9 Å². The first-order valence-corrected chi connectivity index (χ1v) is 8.18. The molecule has 0 radical (unpaired) electrons. The summed E-state index contributed by atoms with van der Waals surface area (Å²) in [6.45, 7) is 0.571. The molecule has 0 bridgehead atoms. The second-order valence-corrected chi connectivity index (χ2v) is 5.80. The molecule has 0 aliphatic heterocycles. The van der Waals surface area contributed by atoms with E-state index in [1.54, 1.807) is 25.3 Å². The van der Waals surface area contributed by atoms with Crippen LogP contribution in [0.15, 0.2) is 42.5 Å². The van der Waals surface area contributed by atoms with Gasteiger partial charge in [0.15, 0.2) is 0 Å². The van der Waals surface area contributed by atoms with Crippen LogP contribution in [-0.4, -0.2) is 31.0 Å². The molecule has 0 unspecified atom stereocenters. The van der Waals surface area contributed by atoms with E-state index >= 15 is 0 Å². The Morgan fingerprint density at radius 3 is 2.57 bits per heavy atom. The van der Waals surface area contributed by atoms with Crippen molar-refractivity contribution in [2.75, 3.05) is 25.5 Å². The Morgan fingerprint density at radius 2 is 1.93 bits per heavy atom. The number of amides is 1. The van der Waals surface area contributed by atoms with Crippen molar-refractivity contribution in [1.29, 1.82) is 0 Å². The average molecular weight is 397 g/mol. The fourth-order valence-electron chi connectivity index (χ4n) is 2.45. The fraction of sp³-hybridized carbons (Fsp3) is 0.278. The topological polar surface area (TPSA) is 93.5 Å². The molecule has 10 heteroatoms. The molecule has 2 rings (SSSR count). The van der Waals surface area contributed by atoms with Crippen molar-refractivity contribution in [2.45, 2.75) is 12.8 Å². The van der Waals surface area contributed by atoms with Crippen LogP contribution in [0.5, 0.6) is 0 Å². The summed E-state index contributed by atoms with van der Waals surface area (Å²) >= 11 is 0. The lowest BCUT2D eigenvalue weighted by molar-refractivity contribution is -0.384. The van der Waals surface area contributed by atoms with Gasteiger partial charge in [-0.2, -0.15) is 13.2 Å². The fourth-order valence-corrected chi connectivity index (χ4v) is 2.45. The summed E-state index contributed by atoms with van der Waals surface area (Å²) in [6.07, 6.45) is -4.67. The molecule has 2 aromatic carbocycles. The van der Waals surface area contributed by atoms with Gasteiger partial charge in [-0.1, -0.05) is 12.1 Å². The van der Waals surface area contributed by atoms with Gasteiger partial charge in [0.05, 0.1) is 17.1 Å². The molecule has 28 heavy (non-hydrogen) atoms. The molecule has 0 spiro atoms. The number of nitro groups is 1. The monoisotopic (exact) mass is 397 g/mol. The Balaban J connectivity index is 1.95. The molecule has 2 N–H and O–H groups in total. The SMILES string of the molecule is COCc1cccc(C(=O)NCCNc2ccc(C(F)(F)F)cc2[N+](=O)[O-])c1. The molecule has 0 aromatic heterocycles. The number of carbonyl (C=O) groups is 1. The van der Waals surface area contributed by atoms with Gasteiger partial charge >= 0.3 is 6.18 Å². The first-order valence-electron chi connectivity index (χ1n) is 8.18. The Labute approximate surface area is 158 Å². The number of benzene rings is 2. The van der Waals surface area contributed by atoms with Crippen molar-refractivity contribution in [1.82, 2.24) is 5.32 Å². The normalized spacial score (nSPS) is 11.1. The standard InChI is InChI=1S/C18H18F3N3O4/c1-28-11-12-3-2-4-13(9-12)17(25)23-8-7-22-15-6-5-14(18(19,20)21)10-16(15)24(26)27/h2-6,9-10,22H,7-8,11H2,1H3,(H,23,25). The van der Waals surface area contributed by atoms with Gasteiger partial charge in [0.25, 0.3) is 11.6 Å². The Morgan fingerprint density at radius 1 is 1.18 bits per heavy atom. The maximum absolute atomic E-state index is 12.7. The van der Waals surface area contributed by atoms with E-state index in [2.05, 4.69) is 10.6 Å². The zero-order valence-corrected chi connectivity index (χ0v) is 14.9. The number of nitrogens with zero attached hydrogens (tertiary/aromatic N) is 1. The van der Waals surface area contributed by atoms with E-state index in [-0.39, 0.29) is 24.7 Å². The molecule has 0 saturated heterocycles. The minimum atomic E-state index is -4.67. The van der Waals surface area contributed by atoms with E-state index in [0.29, 0.717) is 18.2 Å². The molecule has 0 saturated carbocycles. The number of ether oxygens (including phenoxy) is 1. The smallest absolute Gasteiger partial charge is 0.380 e. The van der Waals surface area contributed by atoms with E-state index in [1.807, 2.05) is 6.07 Å². The van der Waals surface area contributed by atoms with Gasteiger partial charge < -0.3 is 15.4 Å². The lowest BCUT2D eigenvalue weighted by Gasteiger charge is -2.11. The molecular weight excluding hydrogens is 379 g/mol. The van der Waals surface area contributed by atoms with Crippen molar-refractivity contribution in [3.05, 3.63) is 69.3 Å². The summed E-state index contributed by atoms with van der Waals surface area (Å²) < 4.78 is 43.1. The second kappa shape index (κ2) is 9.18. The summed E-state index contributed by atoms with van der Waals surface area (Å²) in [6, 6.07) is 9.06. The molecule has 0 atom stereocenters. The highest BCUT2D eigenvalue weighted by atomic mass is 19.4. The number of anilines is 1. The summed E-state index contributed by atoms with van der Waals surface area (Å²) in [5.74, 6) is -0.346. The van der Waals surface area contributed by atoms with E-state index in [9.17, 15) is 28.1 Å². The Bertz CT molecular complexity index is 856. The first kappa shape index (κ1) is 21.2. The summed E-state index contributed by atoms with van der Waals surface area (Å²) in [5, 5.41) is 16.3. The van der Waals surface area contributed by atoms with Crippen molar-refractivity contribution in [3.63, 3.8) is 0 Å². The predicted octanol–water partition coefficient (Wildman–Crippen LogP) is 3.60. The predicted molar refractivity (Wildman–Crippen MR) is 96.1 cm³/mol. The third-order valence-electron chi connectivity index (χ3n) is 3.75. The van der Waals surface area contributed by atoms with Crippen LogP contribution in [0.3, 0.4) is 0 Å². The zero-order valence-electron chi connectivity index (χ0n) is 14.9. The number of nitro benzene ring substituents is 1. The lowest BCUT2D eigenvalue weighted by Crippen LogP contribution is -2.29. The minimum absolute atomic E-state index is 0.0608. The van der Waals surface area contributed by atoms with Crippen LogP contribution in [0, 0.1) is 10.1 Å². The van der Waals surface area contributed by atoms with Crippen molar-refractivity contribution in [3.8, 4) is 0 Å². The summed E-state index contributed by atoms with van der Waals surface area (Å²) in [7, 11) is 1.54. The van der Waals surface area contributed by atoms with Crippen LogP contribution >= 0.6 is 0 Å². The van der Waals surface area contributed by atoms with Gasteiger partial charge in [-0.25, -0.2) is 0 Å². The van der Waals surface area contributed by atoms with Crippen molar-refractivity contribution >= 4 is 17.3 Å². The Kier molecular flexibility index (Phi) is 6.94. The van der Waals surface area contributed by atoms with Crippen LogP contribution in [0.1, 0.15) is 21.5 Å². The number of carbonyl (C=O) groups excluding carboxylic acids is 1. The second-order valence-electron chi connectivity index (χ2n) is 5.80. The van der Waals surface area contributed by atoms with Crippen LogP contribution in [0.25, 0.3) is 0 Å². The van der Waals surface area contributed by atoms with Gasteiger partial charge in [0.1, 0.15) is 5.69 Å². The molecule has 0 fully saturated rings.